The highest BCUT2D eigenvalue weighted by Crippen LogP contribution is 2.47. The van der Waals surface area contributed by atoms with Gasteiger partial charge in [0, 0.05) is 6.54 Å². The fraction of sp³-hybridized carbons (Fsp3) is 0.714. The molecule has 17 heavy (non-hydrogen) atoms. The Hall–Kier alpha value is -0.380. The van der Waals surface area contributed by atoms with Crippen LogP contribution in [0.1, 0.15) is 37.4 Å². The van der Waals surface area contributed by atoms with Crippen LogP contribution in [0.5, 0.6) is 0 Å². The first-order chi connectivity index (χ1) is 8.33. The number of fused-ring (bicyclic) bond motifs is 2. The Morgan fingerprint density at radius 2 is 2.35 bits per heavy atom. The van der Waals surface area contributed by atoms with Crippen molar-refractivity contribution in [2.24, 2.45) is 17.8 Å². The SMILES string of the molecule is OC(CNCC1CC2CCC1C2)c1ccsc1. The Morgan fingerprint density at radius 3 is 3.00 bits per heavy atom. The predicted octanol–water partition coefficient (Wildman–Crippen LogP) is 2.81. The highest BCUT2D eigenvalue weighted by atomic mass is 32.1. The van der Waals surface area contributed by atoms with Crippen LogP contribution < -0.4 is 5.32 Å². The van der Waals surface area contributed by atoms with Gasteiger partial charge in [0.2, 0.25) is 0 Å². The van der Waals surface area contributed by atoms with Crippen LogP contribution in [-0.2, 0) is 0 Å². The molecule has 2 aliphatic rings. The lowest BCUT2D eigenvalue weighted by molar-refractivity contribution is 0.170. The molecule has 0 spiro atoms. The summed E-state index contributed by atoms with van der Waals surface area (Å²) in [5.74, 6) is 2.88. The minimum absolute atomic E-state index is 0.333. The Kier molecular flexibility index (Phi) is 3.50. The lowest BCUT2D eigenvalue weighted by atomic mass is 9.89. The van der Waals surface area contributed by atoms with Crippen LogP contribution in [0.3, 0.4) is 0 Å². The van der Waals surface area contributed by atoms with Crippen molar-refractivity contribution in [2.75, 3.05) is 13.1 Å². The highest BCUT2D eigenvalue weighted by molar-refractivity contribution is 7.07. The molecule has 2 nitrogen and oxygen atoms in total. The Balaban J connectivity index is 1.41. The minimum Gasteiger partial charge on any atom is -0.387 e. The van der Waals surface area contributed by atoms with Gasteiger partial charge in [0.15, 0.2) is 0 Å². The van der Waals surface area contributed by atoms with E-state index < -0.39 is 0 Å². The summed E-state index contributed by atoms with van der Waals surface area (Å²) in [6.45, 7) is 1.80. The zero-order valence-corrected chi connectivity index (χ0v) is 11.0. The van der Waals surface area contributed by atoms with Crippen LogP contribution >= 0.6 is 11.3 Å². The second-order valence-electron chi connectivity index (χ2n) is 5.67. The number of hydrogen-bond acceptors (Lipinski definition) is 3. The van der Waals surface area contributed by atoms with Crippen molar-refractivity contribution in [1.82, 2.24) is 5.32 Å². The van der Waals surface area contributed by atoms with E-state index in [9.17, 15) is 5.11 Å². The minimum atomic E-state index is -0.333. The van der Waals surface area contributed by atoms with Crippen LogP contribution in [0.2, 0.25) is 0 Å². The van der Waals surface area contributed by atoms with Crippen molar-refractivity contribution >= 4 is 11.3 Å². The quantitative estimate of drug-likeness (QED) is 0.843. The van der Waals surface area contributed by atoms with Gasteiger partial charge in [-0.2, -0.15) is 11.3 Å². The molecule has 2 fully saturated rings. The molecule has 2 saturated carbocycles. The van der Waals surface area contributed by atoms with Gasteiger partial charge >= 0.3 is 0 Å². The molecule has 0 saturated heterocycles. The van der Waals surface area contributed by atoms with E-state index in [4.69, 9.17) is 0 Å². The number of nitrogens with one attached hydrogen (secondary N) is 1. The molecular formula is C14H21NOS. The maximum Gasteiger partial charge on any atom is 0.0922 e. The van der Waals surface area contributed by atoms with Gasteiger partial charge in [0.1, 0.15) is 0 Å². The Morgan fingerprint density at radius 1 is 1.41 bits per heavy atom. The number of hydrogen-bond donors (Lipinski definition) is 2. The summed E-state index contributed by atoms with van der Waals surface area (Å²) in [7, 11) is 0. The summed E-state index contributed by atoms with van der Waals surface area (Å²) in [4.78, 5) is 0. The van der Waals surface area contributed by atoms with Gasteiger partial charge in [-0.05, 0) is 66.0 Å². The Labute approximate surface area is 107 Å². The fourth-order valence-electron chi connectivity index (χ4n) is 3.61. The summed E-state index contributed by atoms with van der Waals surface area (Å²) in [5.41, 5.74) is 1.05. The molecule has 2 N–H and O–H groups in total. The summed E-state index contributed by atoms with van der Waals surface area (Å²) in [6, 6.07) is 2.01. The lowest BCUT2D eigenvalue weighted by Crippen LogP contribution is -2.29. The van der Waals surface area contributed by atoms with Crippen LogP contribution in [0, 0.1) is 17.8 Å². The normalized spacial score (nSPS) is 33.1. The molecule has 1 aromatic rings. The average molecular weight is 251 g/mol. The average Bonchev–Trinajstić information content (AvgIpc) is 3.06. The predicted molar refractivity (Wildman–Crippen MR) is 71.1 cm³/mol. The molecule has 0 radical (unpaired) electrons. The van der Waals surface area contributed by atoms with Crippen LogP contribution in [0.15, 0.2) is 16.8 Å². The Bertz CT molecular complexity index is 351. The number of aliphatic hydroxyl groups excluding tert-OH is 1. The first-order valence-corrected chi connectivity index (χ1v) is 7.68. The van der Waals surface area contributed by atoms with Crippen molar-refractivity contribution in [3.63, 3.8) is 0 Å². The summed E-state index contributed by atoms with van der Waals surface area (Å²) in [5, 5.41) is 17.5. The van der Waals surface area contributed by atoms with Gasteiger partial charge in [0.05, 0.1) is 6.10 Å². The third-order valence-electron chi connectivity index (χ3n) is 4.56. The molecule has 3 heteroatoms. The largest absolute Gasteiger partial charge is 0.387 e. The van der Waals surface area contributed by atoms with Crippen molar-refractivity contribution < 1.29 is 5.11 Å². The molecule has 1 heterocycles. The van der Waals surface area contributed by atoms with E-state index in [1.807, 2.05) is 16.8 Å². The lowest BCUT2D eigenvalue weighted by Gasteiger charge is -2.22. The second-order valence-corrected chi connectivity index (χ2v) is 6.45. The number of aliphatic hydroxyl groups is 1. The van der Waals surface area contributed by atoms with E-state index in [-0.39, 0.29) is 6.10 Å². The summed E-state index contributed by atoms with van der Waals surface area (Å²) >= 11 is 1.65. The van der Waals surface area contributed by atoms with E-state index in [1.165, 1.54) is 25.7 Å². The molecule has 94 valence electrons. The zero-order valence-electron chi connectivity index (χ0n) is 10.1. The van der Waals surface area contributed by atoms with E-state index in [0.717, 1.165) is 29.9 Å². The van der Waals surface area contributed by atoms with Crippen molar-refractivity contribution in [2.45, 2.75) is 31.8 Å². The van der Waals surface area contributed by atoms with Crippen molar-refractivity contribution in [3.8, 4) is 0 Å². The monoisotopic (exact) mass is 251 g/mol. The second kappa shape index (κ2) is 5.09. The molecule has 4 unspecified atom stereocenters. The van der Waals surface area contributed by atoms with Crippen molar-refractivity contribution in [1.29, 1.82) is 0 Å². The molecular weight excluding hydrogens is 230 g/mol. The number of rotatable bonds is 5. The maximum absolute atomic E-state index is 9.96. The zero-order chi connectivity index (χ0) is 11.7. The van der Waals surface area contributed by atoms with Gasteiger partial charge in [-0.25, -0.2) is 0 Å². The first kappa shape index (κ1) is 11.7. The third kappa shape index (κ3) is 2.56. The van der Waals surface area contributed by atoms with Gasteiger partial charge in [-0.15, -0.1) is 0 Å². The molecule has 2 bridgehead atoms. The molecule has 3 rings (SSSR count). The molecule has 2 aliphatic carbocycles. The summed E-state index contributed by atoms with van der Waals surface area (Å²) < 4.78 is 0. The topological polar surface area (TPSA) is 32.3 Å². The van der Waals surface area contributed by atoms with E-state index in [0.29, 0.717) is 6.54 Å². The fourth-order valence-corrected chi connectivity index (χ4v) is 4.32. The van der Waals surface area contributed by atoms with Crippen LogP contribution in [-0.4, -0.2) is 18.2 Å². The molecule has 0 amide bonds. The number of thiophene rings is 1. The molecule has 0 aromatic carbocycles. The first-order valence-electron chi connectivity index (χ1n) is 6.74. The third-order valence-corrected chi connectivity index (χ3v) is 5.26. The van der Waals surface area contributed by atoms with Gasteiger partial charge < -0.3 is 10.4 Å². The van der Waals surface area contributed by atoms with E-state index >= 15 is 0 Å². The van der Waals surface area contributed by atoms with E-state index in [1.54, 1.807) is 11.3 Å². The van der Waals surface area contributed by atoms with Gasteiger partial charge in [-0.3, -0.25) is 0 Å². The molecule has 0 aliphatic heterocycles. The summed E-state index contributed by atoms with van der Waals surface area (Å²) in [6.07, 6.45) is 5.48. The maximum atomic E-state index is 9.96. The van der Waals surface area contributed by atoms with Gasteiger partial charge in [0.25, 0.3) is 0 Å². The highest BCUT2D eigenvalue weighted by Gasteiger charge is 2.38. The molecule has 1 aromatic heterocycles. The standard InChI is InChI=1S/C14H21NOS/c16-14(12-3-4-17-9-12)8-15-7-13-6-10-1-2-11(13)5-10/h3-4,9-11,13-16H,1-2,5-8H2. The van der Waals surface area contributed by atoms with Crippen molar-refractivity contribution in [3.05, 3.63) is 22.4 Å². The van der Waals surface area contributed by atoms with Gasteiger partial charge in [-0.1, -0.05) is 6.42 Å². The van der Waals surface area contributed by atoms with Crippen LogP contribution in [0.4, 0.5) is 0 Å². The van der Waals surface area contributed by atoms with E-state index in [2.05, 4.69) is 5.32 Å². The smallest absolute Gasteiger partial charge is 0.0922 e. The van der Waals surface area contributed by atoms with Crippen LogP contribution in [0.25, 0.3) is 0 Å². The molecule has 4 atom stereocenters.